The number of β-amino-alcohol motifs (C(OH)–C–C–N with tert-alkyl or cyclic N) is 1. The summed E-state index contributed by atoms with van der Waals surface area (Å²) in [5, 5.41) is 24.2. The third-order valence-corrected chi connectivity index (χ3v) is 8.68. The molecule has 0 saturated carbocycles. The van der Waals surface area contributed by atoms with Gasteiger partial charge >= 0.3 is 18.2 Å². The van der Waals surface area contributed by atoms with E-state index in [2.05, 4.69) is 19.6 Å². The van der Waals surface area contributed by atoms with E-state index in [4.69, 9.17) is 9.52 Å². The third kappa shape index (κ3) is 9.99. The molecule has 0 radical (unpaired) electrons. The molecule has 48 heavy (non-hydrogen) atoms. The lowest BCUT2D eigenvalue weighted by molar-refractivity contribution is -0.402. The average molecular weight is 736 g/mol. The van der Waals surface area contributed by atoms with Gasteiger partial charge < -0.3 is 24.1 Å². The number of para-hydroxylation sites is 1. The van der Waals surface area contributed by atoms with Crippen molar-refractivity contribution in [1.29, 1.82) is 0 Å². The molecule has 3 aromatic rings. The molecular formula is C30H35Cl2F3N6O6S. The highest BCUT2D eigenvalue weighted by atomic mass is 35.5. The summed E-state index contributed by atoms with van der Waals surface area (Å²) in [7, 11) is 0. The number of rotatable bonds is 9. The first kappa shape index (κ1) is 38.9. The van der Waals surface area contributed by atoms with Gasteiger partial charge in [0.25, 0.3) is 0 Å². The van der Waals surface area contributed by atoms with E-state index in [9.17, 15) is 28.1 Å². The number of hydrogen-bond donors (Lipinski definition) is 1. The minimum absolute atomic E-state index is 0. The number of fused-ring (bicyclic) bond motifs is 2. The average Bonchev–Trinajstić information content (AvgIpc) is 3.69. The zero-order valence-corrected chi connectivity index (χ0v) is 28.0. The summed E-state index contributed by atoms with van der Waals surface area (Å²) < 4.78 is 49.4. The van der Waals surface area contributed by atoms with Crippen LogP contribution in [0, 0.1) is 10.1 Å². The molecule has 18 heteroatoms. The largest absolute Gasteiger partial charge is 0.446 e. The second-order valence-corrected chi connectivity index (χ2v) is 11.7. The molecule has 2 aromatic carbocycles. The molecule has 262 valence electrons. The number of cyclic esters (lactones) is 1. The van der Waals surface area contributed by atoms with Crippen molar-refractivity contribution < 1.29 is 37.1 Å². The molecule has 0 bridgehead atoms. The lowest BCUT2D eigenvalue weighted by atomic mass is 10.1. The number of aliphatic hydroxyl groups is 1. The standard InChI is InChI=1S/C22H26F3N3OS.C8H7N3O5.2ClH/c23-22(24,25)17-6-7-21-19(16-17)28(18-4-1-2-5-20(18)30-21)9-3-8-26-10-12-27(13-11-26)14-15-29;12-8-10(3-4-15-8)9-5-6-1-2-7(16-6)11(13)14;;/h1-2,4-7,16,29H,3,8-15H2;1-2,5H,3-4H2;2*1H. The third-order valence-electron chi connectivity index (χ3n) is 7.55. The molecule has 0 aliphatic carbocycles. The van der Waals surface area contributed by atoms with E-state index >= 15 is 0 Å². The smallest absolute Gasteiger partial charge is 0.433 e. The maximum Gasteiger partial charge on any atom is 0.433 e. The molecule has 2 saturated heterocycles. The van der Waals surface area contributed by atoms with Gasteiger partial charge in [0.05, 0.1) is 42.4 Å². The fourth-order valence-corrected chi connectivity index (χ4v) is 6.28. The topological polar surface area (TPSA) is 128 Å². The van der Waals surface area contributed by atoms with Crippen LogP contribution in [-0.4, -0.2) is 103 Å². The Morgan fingerprint density at radius 2 is 1.62 bits per heavy atom. The molecule has 1 aromatic heterocycles. The van der Waals surface area contributed by atoms with Gasteiger partial charge in [-0.3, -0.25) is 15.0 Å². The number of aliphatic hydroxyl groups excluding tert-OH is 1. The van der Waals surface area contributed by atoms with E-state index < -0.39 is 22.8 Å². The fourth-order valence-electron chi connectivity index (χ4n) is 5.20. The number of hydrazone groups is 1. The number of carbonyl (C=O) groups excluding carboxylic acids is 1. The van der Waals surface area contributed by atoms with Crippen LogP contribution in [0.15, 0.2) is 73.9 Å². The Morgan fingerprint density at radius 1 is 0.938 bits per heavy atom. The highest BCUT2D eigenvalue weighted by Gasteiger charge is 2.33. The minimum atomic E-state index is -4.35. The monoisotopic (exact) mass is 734 g/mol. The number of carbonyl (C=O) groups is 1. The van der Waals surface area contributed by atoms with Gasteiger partial charge in [0, 0.05) is 49.1 Å². The first-order valence-electron chi connectivity index (χ1n) is 14.7. The number of nitro groups is 1. The summed E-state index contributed by atoms with van der Waals surface area (Å²) in [6.07, 6.45) is -2.80. The fraction of sp³-hybridized carbons (Fsp3) is 0.400. The van der Waals surface area contributed by atoms with Gasteiger partial charge in [-0.25, -0.2) is 4.79 Å². The summed E-state index contributed by atoms with van der Waals surface area (Å²) in [5.74, 6) is -0.170. The highest BCUT2D eigenvalue weighted by molar-refractivity contribution is 7.99. The van der Waals surface area contributed by atoms with Gasteiger partial charge in [-0.1, -0.05) is 23.9 Å². The van der Waals surface area contributed by atoms with Gasteiger partial charge in [0.15, 0.2) is 5.76 Å². The molecule has 1 N–H and O–H groups in total. The number of ether oxygens (including phenoxy) is 1. The van der Waals surface area contributed by atoms with Crippen molar-refractivity contribution in [2.24, 2.45) is 5.10 Å². The zero-order chi connectivity index (χ0) is 32.7. The predicted octanol–water partition coefficient (Wildman–Crippen LogP) is 6.13. The number of amides is 1. The van der Waals surface area contributed by atoms with Crippen LogP contribution in [-0.2, 0) is 10.9 Å². The summed E-state index contributed by atoms with van der Waals surface area (Å²) in [5.41, 5.74) is 1.01. The molecule has 6 rings (SSSR count). The zero-order valence-electron chi connectivity index (χ0n) is 25.6. The van der Waals surface area contributed by atoms with Crippen molar-refractivity contribution >= 4 is 66.1 Å². The molecule has 0 unspecified atom stereocenters. The van der Waals surface area contributed by atoms with E-state index in [1.54, 1.807) is 6.07 Å². The van der Waals surface area contributed by atoms with Crippen LogP contribution >= 0.6 is 36.6 Å². The van der Waals surface area contributed by atoms with E-state index in [1.165, 1.54) is 42.2 Å². The SMILES string of the molecule is Cl.Cl.O=C1OCCN1N=Cc1ccc([N+](=O)[O-])o1.OCCN1CCN(CCCN2c3ccccc3Sc3ccc(C(F)(F)F)cc32)CC1. The highest BCUT2D eigenvalue weighted by Crippen LogP contribution is 2.49. The van der Waals surface area contributed by atoms with Gasteiger partial charge in [-0.15, -0.1) is 24.8 Å². The predicted molar refractivity (Wildman–Crippen MR) is 179 cm³/mol. The van der Waals surface area contributed by atoms with Gasteiger partial charge in [0.2, 0.25) is 0 Å². The van der Waals surface area contributed by atoms with Crippen LogP contribution in [0.3, 0.4) is 0 Å². The second-order valence-electron chi connectivity index (χ2n) is 10.6. The number of piperazine rings is 1. The molecule has 0 spiro atoms. The Hall–Kier alpha value is -3.54. The van der Waals surface area contributed by atoms with Crippen molar-refractivity contribution in [3.63, 3.8) is 0 Å². The summed E-state index contributed by atoms with van der Waals surface area (Å²) >= 11 is 1.53. The van der Waals surface area contributed by atoms with E-state index in [-0.39, 0.29) is 49.7 Å². The Labute approximate surface area is 291 Å². The Bertz CT molecular complexity index is 1560. The Kier molecular flexibility index (Phi) is 14.4. The van der Waals surface area contributed by atoms with Crippen LogP contribution < -0.4 is 4.90 Å². The molecule has 4 heterocycles. The van der Waals surface area contributed by atoms with Crippen LogP contribution in [0.5, 0.6) is 0 Å². The summed E-state index contributed by atoms with van der Waals surface area (Å²) in [6.45, 7) is 6.94. The number of nitrogens with zero attached hydrogens (tertiary/aromatic N) is 6. The number of alkyl halides is 3. The number of hydrogen-bond acceptors (Lipinski definition) is 11. The molecule has 3 aliphatic heterocycles. The maximum atomic E-state index is 13.3. The van der Waals surface area contributed by atoms with Gasteiger partial charge in [0.1, 0.15) is 11.5 Å². The van der Waals surface area contributed by atoms with Gasteiger partial charge in [-0.2, -0.15) is 23.3 Å². The van der Waals surface area contributed by atoms with Crippen molar-refractivity contribution in [3.05, 3.63) is 76.0 Å². The first-order valence-corrected chi connectivity index (χ1v) is 15.5. The lowest BCUT2D eigenvalue weighted by Crippen LogP contribution is -2.47. The summed E-state index contributed by atoms with van der Waals surface area (Å²) in [6, 6.07) is 14.6. The van der Waals surface area contributed by atoms with Crippen LogP contribution in [0.1, 0.15) is 17.7 Å². The first-order chi connectivity index (χ1) is 22.1. The number of furan rings is 1. The Morgan fingerprint density at radius 3 is 2.25 bits per heavy atom. The number of benzene rings is 2. The number of halogens is 5. The minimum Gasteiger partial charge on any atom is -0.446 e. The maximum absolute atomic E-state index is 13.3. The quantitative estimate of drug-likeness (QED) is 0.156. The molecule has 1 amide bonds. The van der Waals surface area contributed by atoms with Crippen LogP contribution in [0.4, 0.5) is 35.2 Å². The van der Waals surface area contributed by atoms with Crippen molar-refractivity contribution in [2.75, 3.05) is 70.5 Å². The molecule has 2 fully saturated rings. The van der Waals surface area contributed by atoms with Crippen LogP contribution in [0.25, 0.3) is 0 Å². The van der Waals surface area contributed by atoms with E-state index in [1.807, 2.05) is 29.2 Å². The number of anilines is 2. The molecular weight excluding hydrogens is 700 g/mol. The van der Waals surface area contributed by atoms with Crippen molar-refractivity contribution in [2.45, 2.75) is 22.4 Å². The van der Waals surface area contributed by atoms with E-state index in [0.29, 0.717) is 25.3 Å². The van der Waals surface area contributed by atoms with Crippen molar-refractivity contribution in [3.8, 4) is 0 Å². The normalized spacial score (nSPS) is 16.3. The van der Waals surface area contributed by atoms with Gasteiger partial charge in [-0.05, 0) is 49.4 Å². The molecule has 12 nitrogen and oxygen atoms in total. The second kappa shape index (κ2) is 17.7. The lowest BCUT2D eigenvalue weighted by Gasteiger charge is -2.36. The van der Waals surface area contributed by atoms with E-state index in [0.717, 1.165) is 59.6 Å². The Balaban J connectivity index is 0.000000296. The van der Waals surface area contributed by atoms with Crippen LogP contribution in [0.2, 0.25) is 0 Å². The van der Waals surface area contributed by atoms with Crippen molar-refractivity contribution in [1.82, 2.24) is 14.8 Å². The molecule has 0 atom stereocenters. The molecule has 3 aliphatic rings. The summed E-state index contributed by atoms with van der Waals surface area (Å²) in [4.78, 5) is 29.2.